The van der Waals surface area contributed by atoms with Crippen molar-refractivity contribution in [1.29, 1.82) is 0 Å². The molecule has 18 heavy (non-hydrogen) atoms. The van der Waals surface area contributed by atoms with Gasteiger partial charge in [-0.15, -0.1) is 0 Å². The minimum absolute atomic E-state index is 0.0241. The zero-order valence-corrected chi connectivity index (χ0v) is 10.8. The Labute approximate surface area is 108 Å². The highest BCUT2D eigenvalue weighted by molar-refractivity contribution is 5.68. The first-order valence-corrected chi connectivity index (χ1v) is 6.57. The van der Waals surface area contributed by atoms with Crippen molar-refractivity contribution in [3.63, 3.8) is 0 Å². The van der Waals surface area contributed by atoms with Gasteiger partial charge in [-0.05, 0) is 36.0 Å². The summed E-state index contributed by atoms with van der Waals surface area (Å²) in [5, 5.41) is 10.7. The Kier molecular flexibility index (Phi) is 4.24. The third-order valence-electron chi connectivity index (χ3n) is 3.69. The number of aliphatic carboxylic acids is 1. The van der Waals surface area contributed by atoms with Gasteiger partial charge in [0.05, 0.1) is 7.11 Å². The molecule has 0 aliphatic heterocycles. The van der Waals surface area contributed by atoms with Gasteiger partial charge in [-0.2, -0.15) is 0 Å². The number of benzene rings is 1. The predicted octanol–water partition coefficient (Wildman–Crippen LogP) is 2.04. The molecule has 0 N–H and O–H groups in total. The maximum atomic E-state index is 10.7. The van der Waals surface area contributed by atoms with Gasteiger partial charge in [-0.1, -0.05) is 31.4 Å². The summed E-state index contributed by atoms with van der Waals surface area (Å²) in [6.45, 7) is 0. The number of hydrogen-bond acceptors (Lipinski definition) is 3. The molecule has 98 valence electrons. The van der Waals surface area contributed by atoms with Gasteiger partial charge in [0.15, 0.2) is 0 Å². The Morgan fingerprint density at radius 3 is 2.67 bits per heavy atom. The minimum atomic E-state index is -1.03. The summed E-state index contributed by atoms with van der Waals surface area (Å²) < 4.78 is 5.40. The summed E-state index contributed by atoms with van der Waals surface area (Å²) in [5.41, 5.74) is 1.97. The lowest BCUT2D eigenvalue weighted by Gasteiger charge is -2.24. The molecule has 1 aliphatic carbocycles. The number of rotatable bonds is 4. The van der Waals surface area contributed by atoms with E-state index in [2.05, 4.69) is 0 Å². The first kappa shape index (κ1) is 12.9. The van der Waals surface area contributed by atoms with Gasteiger partial charge in [0.1, 0.15) is 5.75 Å². The fourth-order valence-electron chi connectivity index (χ4n) is 2.79. The number of ether oxygens (including phenoxy) is 1. The van der Waals surface area contributed by atoms with Crippen LogP contribution in [0.1, 0.15) is 49.1 Å². The molecule has 0 unspecified atom stereocenters. The highest BCUT2D eigenvalue weighted by atomic mass is 16.5. The number of methoxy groups -OCH3 is 1. The summed E-state index contributed by atoms with van der Waals surface area (Å²) in [4.78, 5) is 10.7. The Bertz CT molecular complexity index is 420. The average molecular weight is 247 g/mol. The quantitative estimate of drug-likeness (QED) is 0.818. The first-order chi connectivity index (χ1) is 8.70. The highest BCUT2D eigenvalue weighted by Gasteiger charge is 2.19. The van der Waals surface area contributed by atoms with E-state index in [0.717, 1.165) is 16.9 Å². The summed E-state index contributed by atoms with van der Waals surface area (Å²) in [5.74, 6) is 0.356. The second-order valence-electron chi connectivity index (χ2n) is 4.96. The van der Waals surface area contributed by atoms with Crippen molar-refractivity contribution in [3.8, 4) is 5.75 Å². The number of carboxylic acids is 1. The van der Waals surface area contributed by atoms with Crippen molar-refractivity contribution in [2.45, 2.75) is 44.4 Å². The van der Waals surface area contributed by atoms with Gasteiger partial charge in [0.2, 0.25) is 0 Å². The van der Waals surface area contributed by atoms with Crippen LogP contribution in [-0.2, 0) is 11.2 Å². The van der Waals surface area contributed by atoms with Crippen LogP contribution >= 0.6 is 0 Å². The molecular formula is C15H19O3-. The smallest absolute Gasteiger partial charge is 0.122 e. The lowest BCUT2D eigenvalue weighted by atomic mass is 9.83. The van der Waals surface area contributed by atoms with Crippen molar-refractivity contribution in [1.82, 2.24) is 0 Å². The molecule has 2 rings (SSSR count). The second-order valence-corrected chi connectivity index (χ2v) is 4.96. The van der Waals surface area contributed by atoms with E-state index in [4.69, 9.17) is 4.74 Å². The van der Waals surface area contributed by atoms with E-state index < -0.39 is 5.97 Å². The molecule has 0 aromatic heterocycles. The number of carbonyl (C=O) groups excluding carboxylic acids is 1. The van der Waals surface area contributed by atoms with Gasteiger partial charge in [-0.3, -0.25) is 0 Å². The average Bonchev–Trinajstić information content (AvgIpc) is 2.39. The van der Waals surface area contributed by atoms with Crippen LogP contribution in [0.3, 0.4) is 0 Å². The Morgan fingerprint density at radius 2 is 2.06 bits per heavy atom. The number of hydrogen-bond donors (Lipinski definition) is 0. The molecule has 0 atom stereocenters. The summed E-state index contributed by atoms with van der Waals surface area (Å²) in [7, 11) is 1.67. The van der Waals surface area contributed by atoms with E-state index >= 15 is 0 Å². The van der Waals surface area contributed by atoms with Crippen molar-refractivity contribution in [2.24, 2.45) is 0 Å². The van der Waals surface area contributed by atoms with Crippen molar-refractivity contribution >= 4 is 5.97 Å². The first-order valence-electron chi connectivity index (χ1n) is 6.57. The molecule has 0 saturated heterocycles. The van der Waals surface area contributed by atoms with Crippen LogP contribution in [0.15, 0.2) is 18.2 Å². The molecule has 1 aromatic rings. The lowest BCUT2D eigenvalue weighted by Crippen LogP contribution is -2.24. The molecule has 0 spiro atoms. The van der Waals surface area contributed by atoms with Gasteiger partial charge >= 0.3 is 0 Å². The normalized spacial score (nSPS) is 16.5. The minimum Gasteiger partial charge on any atom is -0.550 e. The zero-order valence-electron chi connectivity index (χ0n) is 10.8. The molecule has 3 nitrogen and oxygen atoms in total. The Morgan fingerprint density at radius 1 is 1.33 bits per heavy atom. The van der Waals surface area contributed by atoms with Crippen molar-refractivity contribution in [3.05, 3.63) is 29.3 Å². The van der Waals surface area contributed by atoms with Gasteiger partial charge in [-0.25, -0.2) is 0 Å². The standard InChI is InChI=1S/C15H20O3/c1-18-14-8-7-11(10-15(16)17)9-13(14)12-5-3-2-4-6-12/h7-9,12H,2-6,10H2,1H3,(H,16,17)/p-1. The third-order valence-corrected chi connectivity index (χ3v) is 3.69. The van der Waals surface area contributed by atoms with E-state index in [-0.39, 0.29) is 6.42 Å². The van der Waals surface area contributed by atoms with Crippen molar-refractivity contribution < 1.29 is 14.6 Å². The predicted molar refractivity (Wildman–Crippen MR) is 67.5 cm³/mol. The highest BCUT2D eigenvalue weighted by Crippen LogP contribution is 2.37. The molecule has 1 fully saturated rings. The Balaban J connectivity index is 2.26. The van der Waals surface area contributed by atoms with Crippen LogP contribution in [0.4, 0.5) is 0 Å². The van der Waals surface area contributed by atoms with E-state index in [1.807, 2.05) is 12.1 Å². The fraction of sp³-hybridized carbons (Fsp3) is 0.533. The summed E-state index contributed by atoms with van der Waals surface area (Å²) >= 11 is 0. The Hall–Kier alpha value is -1.51. The fourth-order valence-corrected chi connectivity index (χ4v) is 2.79. The largest absolute Gasteiger partial charge is 0.550 e. The topological polar surface area (TPSA) is 49.4 Å². The van der Waals surface area contributed by atoms with Crippen LogP contribution in [0.25, 0.3) is 0 Å². The summed E-state index contributed by atoms with van der Waals surface area (Å²) in [6.07, 6.45) is 6.12. The molecule has 0 heterocycles. The van der Waals surface area contributed by atoms with Gasteiger partial charge in [0, 0.05) is 12.4 Å². The molecule has 3 heteroatoms. The van der Waals surface area contributed by atoms with Crippen LogP contribution in [0.2, 0.25) is 0 Å². The van der Waals surface area contributed by atoms with Crippen LogP contribution in [-0.4, -0.2) is 13.1 Å². The van der Waals surface area contributed by atoms with E-state index in [1.54, 1.807) is 13.2 Å². The molecule has 1 aliphatic rings. The zero-order chi connectivity index (χ0) is 13.0. The molecule has 1 saturated carbocycles. The second kappa shape index (κ2) is 5.89. The summed E-state index contributed by atoms with van der Waals surface area (Å²) in [6, 6.07) is 5.66. The van der Waals surface area contributed by atoms with E-state index in [1.165, 1.54) is 32.1 Å². The maximum absolute atomic E-state index is 10.7. The lowest BCUT2D eigenvalue weighted by molar-refractivity contribution is -0.304. The van der Waals surface area contributed by atoms with Crippen LogP contribution in [0, 0.1) is 0 Å². The monoisotopic (exact) mass is 247 g/mol. The van der Waals surface area contributed by atoms with Gasteiger partial charge < -0.3 is 14.6 Å². The van der Waals surface area contributed by atoms with Crippen molar-refractivity contribution in [2.75, 3.05) is 7.11 Å². The maximum Gasteiger partial charge on any atom is 0.122 e. The molecule has 0 bridgehead atoms. The van der Waals surface area contributed by atoms with Gasteiger partial charge in [0.25, 0.3) is 0 Å². The van der Waals surface area contributed by atoms with E-state index in [9.17, 15) is 9.90 Å². The van der Waals surface area contributed by atoms with Crippen LogP contribution < -0.4 is 9.84 Å². The van der Waals surface area contributed by atoms with Crippen LogP contribution in [0.5, 0.6) is 5.75 Å². The number of carboxylic acid groups (broad SMARTS) is 1. The molecule has 1 aromatic carbocycles. The number of carbonyl (C=O) groups is 1. The SMILES string of the molecule is COc1ccc(CC(=O)[O-])cc1C1CCCCC1. The van der Waals surface area contributed by atoms with E-state index in [0.29, 0.717) is 5.92 Å². The molecule has 0 amide bonds. The molecular weight excluding hydrogens is 228 g/mol. The molecule has 0 radical (unpaired) electrons. The third kappa shape index (κ3) is 3.03.